The van der Waals surface area contributed by atoms with E-state index in [0.717, 1.165) is 10.8 Å². The van der Waals surface area contributed by atoms with Gasteiger partial charge in [0.1, 0.15) is 0 Å². The summed E-state index contributed by atoms with van der Waals surface area (Å²) in [6.45, 7) is 0. The molecular formula is C12H10O3. The molecular weight excluding hydrogens is 192 g/mol. The summed E-state index contributed by atoms with van der Waals surface area (Å²) < 4.78 is 0. The van der Waals surface area contributed by atoms with Crippen molar-refractivity contribution in [2.24, 2.45) is 0 Å². The molecule has 0 bridgehead atoms. The molecule has 0 fully saturated rings. The lowest BCUT2D eigenvalue weighted by atomic mass is 10.0. The highest BCUT2D eigenvalue weighted by molar-refractivity contribution is 5.84. The van der Waals surface area contributed by atoms with E-state index in [1.54, 1.807) is 18.2 Å². The first-order valence-corrected chi connectivity index (χ1v) is 4.58. The molecule has 3 heteroatoms. The van der Waals surface area contributed by atoms with Gasteiger partial charge in [0.25, 0.3) is 0 Å². The maximum absolute atomic E-state index is 10.6. The van der Waals surface area contributed by atoms with E-state index in [-0.39, 0.29) is 0 Å². The Labute approximate surface area is 86.6 Å². The van der Waals surface area contributed by atoms with Gasteiger partial charge >= 0.3 is 5.97 Å². The van der Waals surface area contributed by atoms with Gasteiger partial charge in [-0.3, -0.25) is 0 Å². The molecule has 0 heterocycles. The Morgan fingerprint density at radius 3 is 2.40 bits per heavy atom. The summed E-state index contributed by atoms with van der Waals surface area (Å²) in [5.74, 6) is -1.23. The van der Waals surface area contributed by atoms with Gasteiger partial charge in [-0.25, -0.2) is 4.79 Å². The van der Waals surface area contributed by atoms with Gasteiger partial charge in [0.15, 0.2) is 6.10 Å². The molecule has 2 aromatic rings. The molecule has 0 spiro atoms. The van der Waals surface area contributed by atoms with Crippen molar-refractivity contribution in [3.63, 3.8) is 0 Å². The van der Waals surface area contributed by atoms with Crippen LogP contribution in [0.25, 0.3) is 10.8 Å². The van der Waals surface area contributed by atoms with E-state index in [1.165, 1.54) is 0 Å². The third kappa shape index (κ3) is 1.82. The Morgan fingerprint density at radius 1 is 1.07 bits per heavy atom. The molecule has 15 heavy (non-hydrogen) atoms. The highest BCUT2D eigenvalue weighted by atomic mass is 16.4. The number of carboxylic acid groups (broad SMARTS) is 1. The van der Waals surface area contributed by atoms with Gasteiger partial charge < -0.3 is 10.2 Å². The van der Waals surface area contributed by atoms with Crippen molar-refractivity contribution >= 4 is 16.7 Å². The molecule has 0 unspecified atom stereocenters. The summed E-state index contributed by atoms with van der Waals surface area (Å²) in [5, 5.41) is 20.0. The highest BCUT2D eigenvalue weighted by Gasteiger charge is 2.15. The van der Waals surface area contributed by atoms with Crippen LogP contribution < -0.4 is 0 Å². The molecule has 0 aliphatic carbocycles. The molecule has 0 saturated carbocycles. The lowest BCUT2D eigenvalue weighted by Crippen LogP contribution is -2.10. The van der Waals surface area contributed by atoms with Crippen LogP contribution in [0.15, 0.2) is 42.5 Å². The van der Waals surface area contributed by atoms with Gasteiger partial charge in [0.2, 0.25) is 0 Å². The van der Waals surface area contributed by atoms with Gasteiger partial charge in [-0.15, -0.1) is 0 Å². The molecule has 2 rings (SSSR count). The van der Waals surface area contributed by atoms with Gasteiger partial charge in [0.05, 0.1) is 0 Å². The first-order valence-electron chi connectivity index (χ1n) is 4.58. The number of benzene rings is 2. The molecule has 0 amide bonds. The minimum atomic E-state index is -1.45. The molecule has 0 aliphatic rings. The number of hydrogen-bond donors (Lipinski definition) is 2. The third-order valence-corrected chi connectivity index (χ3v) is 2.32. The molecule has 0 radical (unpaired) electrons. The van der Waals surface area contributed by atoms with Crippen LogP contribution in [0.4, 0.5) is 0 Å². The van der Waals surface area contributed by atoms with E-state index in [9.17, 15) is 9.90 Å². The number of aliphatic carboxylic acids is 1. The predicted molar refractivity (Wildman–Crippen MR) is 56.5 cm³/mol. The van der Waals surface area contributed by atoms with Crippen LogP contribution >= 0.6 is 0 Å². The van der Waals surface area contributed by atoms with Gasteiger partial charge in [-0.1, -0.05) is 36.4 Å². The van der Waals surface area contributed by atoms with Crippen molar-refractivity contribution < 1.29 is 15.0 Å². The second-order valence-corrected chi connectivity index (χ2v) is 3.35. The summed E-state index contributed by atoms with van der Waals surface area (Å²) in [7, 11) is 0. The number of aliphatic hydroxyl groups excluding tert-OH is 1. The fraction of sp³-hybridized carbons (Fsp3) is 0.0833. The topological polar surface area (TPSA) is 57.5 Å². The number of carbonyl (C=O) groups is 1. The summed E-state index contributed by atoms with van der Waals surface area (Å²) in [4.78, 5) is 10.6. The van der Waals surface area contributed by atoms with Crippen molar-refractivity contribution in [2.45, 2.75) is 6.10 Å². The summed E-state index contributed by atoms with van der Waals surface area (Å²) in [6.07, 6.45) is -1.45. The Kier molecular flexibility index (Phi) is 2.39. The molecule has 1 atom stereocenters. The van der Waals surface area contributed by atoms with Crippen LogP contribution in [0, 0.1) is 0 Å². The summed E-state index contributed by atoms with van der Waals surface area (Å²) >= 11 is 0. The van der Waals surface area contributed by atoms with Crippen LogP contribution in [0.2, 0.25) is 0 Å². The first-order chi connectivity index (χ1) is 7.18. The van der Waals surface area contributed by atoms with E-state index in [2.05, 4.69) is 0 Å². The predicted octanol–water partition coefficient (Wildman–Crippen LogP) is 1.96. The Hall–Kier alpha value is -1.87. The van der Waals surface area contributed by atoms with Gasteiger partial charge in [-0.05, 0) is 22.4 Å². The minimum absolute atomic E-state index is 0.404. The maximum atomic E-state index is 10.6. The van der Waals surface area contributed by atoms with Crippen molar-refractivity contribution in [1.82, 2.24) is 0 Å². The van der Waals surface area contributed by atoms with Crippen molar-refractivity contribution in [3.05, 3.63) is 48.0 Å². The van der Waals surface area contributed by atoms with Crippen LogP contribution in [-0.2, 0) is 4.79 Å². The second kappa shape index (κ2) is 3.71. The molecule has 0 aliphatic heterocycles. The zero-order valence-corrected chi connectivity index (χ0v) is 7.92. The number of aliphatic hydroxyl groups is 1. The minimum Gasteiger partial charge on any atom is -0.479 e. The Balaban J connectivity index is 2.51. The Bertz CT molecular complexity index is 505. The average Bonchev–Trinajstić information content (AvgIpc) is 2.27. The number of fused-ring (bicyclic) bond motifs is 1. The third-order valence-electron chi connectivity index (χ3n) is 2.32. The van der Waals surface area contributed by atoms with Crippen LogP contribution in [-0.4, -0.2) is 16.2 Å². The molecule has 3 nitrogen and oxygen atoms in total. The van der Waals surface area contributed by atoms with E-state index >= 15 is 0 Å². The first kappa shape index (κ1) is 9.68. The van der Waals surface area contributed by atoms with Crippen molar-refractivity contribution in [1.29, 1.82) is 0 Å². The lowest BCUT2D eigenvalue weighted by molar-refractivity contribution is -0.146. The molecule has 2 aromatic carbocycles. The zero-order valence-electron chi connectivity index (χ0n) is 7.92. The lowest BCUT2D eigenvalue weighted by Gasteiger charge is -2.06. The molecule has 0 saturated heterocycles. The number of hydrogen-bond acceptors (Lipinski definition) is 2. The van der Waals surface area contributed by atoms with E-state index in [0.29, 0.717) is 5.56 Å². The van der Waals surface area contributed by atoms with Crippen molar-refractivity contribution in [3.8, 4) is 0 Å². The van der Waals surface area contributed by atoms with Gasteiger partial charge in [0, 0.05) is 0 Å². The quantitative estimate of drug-likeness (QED) is 0.782. The normalized spacial score (nSPS) is 12.6. The summed E-state index contributed by atoms with van der Waals surface area (Å²) in [5.41, 5.74) is 0.404. The summed E-state index contributed by atoms with van der Waals surface area (Å²) in [6, 6.07) is 12.7. The van der Waals surface area contributed by atoms with Crippen LogP contribution in [0.1, 0.15) is 11.7 Å². The van der Waals surface area contributed by atoms with E-state index in [4.69, 9.17) is 5.11 Å². The fourth-order valence-electron chi connectivity index (χ4n) is 1.52. The standard InChI is InChI=1S/C12H10O3/c13-11(12(14)15)10-6-5-8-3-1-2-4-9(8)7-10/h1-7,11,13H,(H,14,15)/t11-/m0/s1. The highest BCUT2D eigenvalue weighted by Crippen LogP contribution is 2.20. The number of carboxylic acids is 1. The van der Waals surface area contributed by atoms with E-state index < -0.39 is 12.1 Å². The number of rotatable bonds is 2. The van der Waals surface area contributed by atoms with Gasteiger partial charge in [-0.2, -0.15) is 0 Å². The fourth-order valence-corrected chi connectivity index (χ4v) is 1.52. The van der Waals surface area contributed by atoms with E-state index in [1.807, 2.05) is 24.3 Å². The SMILES string of the molecule is O=C(O)[C@@H](O)c1ccc2ccccc2c1. The smallest absolute Gasteiger partial charge is 0.337 e. The molecule has 76 valence electrons. The zero-order chi connectivity index (χ0) is 10.8. The van der Waals surface area contributed by atoms with Crippen LogP contribution in [0.5, 0.6) is 0 Å². The Morgan fingerprint density at radius 2 is 1.73 bits per heavy atom. The van der Waals surface area contributed by atoms with Crippen molar-refractivity contribution in [2.75, 3.05) is 0 Å². The molecule has 2 N–H and O–H groups in total. The van der Waals surface area contributed by atoms with Crippen LogP contribution in [0.3, 0.4) is 0 Å². The maximum Gasteiger partial charge on any atom is 0.337 e. The monoisotopic (exact) mass is 202 g/mol. The molecule has 0 aromatic heterocycles. The largest absolute Gasteiger partial charge is 0.479 e. The average molecular weight is 202 g/mol. The second-order valence-electron chi connectivity index (χ2n) is 3.35.